The van der Waals surface area contributed by atoms with Crippen molar-refractivity contribution in [3.8, 4) is 5.75 Å². The minimum Gasteiger partial charge on any atom is -0.491 e. The van der Waals surface area contributed by atoms with Gasteiger partial charge in [-0.15, -0.1) is 0 Å². The van der Waals surface area contributed by atoms with E-state index < -0.39 is 24.7 Å². The molecule has 5 aromatic rings. The van der Waals surface area contributed by atoms with Gasteiger partial charge in [0, 0.05) is 57.9 Å². The van der Waals surface area contributed by atoms with E-state index in [1.54, 1.807) is 54.6 Å². The number of pyridine rings is 5. The molecule has 0 saturated carbocycles. The Morgan fingerprint density at radius 1 is 0.469 bits per heavy atom. The molecule has 5 heterocycles. The van der Waals surface area contributed by atoms with Gasteiger partial charge in [0.2, 0.25) is 0 Å². The minimum atomic E-state index is -1.18. The van der Waals surface area contributed by atoms with Crippen LogP contribution in [0.3, 0.4) is 0 Å². The van der Waals surface area contributed by atoms with Crippen LogP contribution in [0.5, 0.6) is 5.75 Å². The highest BCUT2D eigenvalue weighted by molar-refractivity contribution is 5.86. The molecule has 0 fully saturated rings. The topological polar surface area (TPSA) is 275 Å². The molecule has 20 nitrogen and oxygen atoms in total. The molecular formula is C44H52N8O12. The maximum Gasteiger partial charge on any atom is 0.354 e. The van der Waals surface area contributed by atoms with Crippen molar-refractivity contribution in [1.29, 1.82) is 0 Å². The lowest BCUT2D eigenvalue weighted by Gasteiger charge is -2.24. The number of rotatable bonds is 30. The smallest absolute Gasteiger partial charge is 0.354 e. The predicted molar refractivity (Wildman–Crippen MR) is 227 cm³/mol. The number of nitrogens with zero attached hydrogens (tertiary/aromatic N) is 7. The van der Waals surface area contributed by atoms with Gasteiger partial charge in [0.25, 0.3) is 0 Å². The first kappa shape index (κ1) is 48.7. The molecule has 0 aliphatic carbocycles. The van der Waals surface area contributed by atoms with Gasteiger partial charge in [-0.25, -0.2) is 29.3 Å². The molecular weight excluding hydrogens is 833 g/mol. The fraction of sp³-hybridized carbons (Fsp3) is 0.364. The Labute approximate surface area is 369 Å². The number of carboxylic acids is 3. The Balaban J connectivity index is 1.44. The van der Waals surface area contributed by atoms with Gasteiger partial charge >= 0.3 is 17.9 Å². The van der Waals surface area contributed by atoms with E-state index in [1.807, 2.05) is 21.9 Å². The lowest BCUT2D eigenvalue weighted by molar-refractivity contribution is -0.0126. The van der Waals surface area contributed by atoms with Crippen LogP contribution < -0.4 is 10.5 Å². The quantitative estimate of drug-likeness (QED) is 0.0327. The largest absolute Gasteiger partial charge is 0.491 e. The number of aromatic nitrogens is 5. The number of carbonyl (C=O) groups is 3. The van der Waals surface area contributed by atoms with Crippen LogP contribution in [0.25, 0.3) is 0 Å². The van der Waals surface area contributed by atoms with Gasteiger partial charge in [-0.1, -0.05) is 24.3 Å². The Bertz CT molecular complexity index is 2210. The van der Waals surface area contributed by atoms with Crippen molar-refractivity contribution < 1.29 is 58.5 Å². The second-order valence-corrected chi connectivity index (χ2v) is 14.1. The molecule has 0 spiro atoms. The number of carboxylic acid groups (broad SMARTS) is 3. The summed E-state index contributed by atoms with van der Waals surface area (Å²) in [4.78, 5) is 62.0. The van der Waals surface area contributed by atoms with Crippen molar-refractivity contribution >= 4 is 17.9 Å². The van der Waals surface area contributed by atoms with Crippen LogP contribution in [-0.2, 0) is 64.8 Å². The highest BCUT2D eigenvalue weighted by Crippen LogP contribution is 2.21. The van der Waals surface area contributed by atoms with Crippen LogP contribution in [0.2, 0.25) is 0 Å². The third-order valence-electron chi connectivity index (χ3n) is 9.00. The monoisotopic (exact) mass is 884 g/mol. The van der Waals surface area contributed by atoms with Crippen LogP contribution in [0, 0.1) is 0 Å². The normalized spacial score (nSPS) is 11.3. The maximum absolute atomic E-state index is 11.8. The summed E-state index contributed by atoms with van der Waals surface area (Å²) in [5, 5.41) is 38.1. The summed E-state index contributed by atoms with van der Waals surface area (Å²) in [7, 11) is 0. The summed E-state index contributed by atoms with van der Waals surface area (Å²) < 4.78 is 27.9. The molecule has 0 atom stereocenters. The van der Waals surface area contributed by atoms with E-state index in [0.29, 0.717) is 85.2 Å². The van der Waals surface area contributed by atoms with E-state index in [1.165, 1.54) is 18.2 Å². The van der Waals surface area contributed by atoms with Crippen LogP contribution in [0.1, 0.15) is 71.3 Å². The predicted octanol–water partition coefficient (Wildman–Crippen LogP) is 3.01. The average Bonchev–Trinajstić information content (AvgIpc) is 3.27. The molecule has 5 rings (SSSR count). The van der Waals surface area contributed by atoms with Crippen LogP contribution in [-0.4, -0.2) is 133 Å². The summed E-state index contributed by atoms with van der Waals surface area (Å²) in [6, 6.07) is 23.2. The van der Waals surface area contributed by atoms with Crippen LogP contribution >= 0.6 is 0 Å². The molecule has 6 N–H and O–H groups in total. The van der Waals surface area contributed by atoms with Crippen molar-refractivity contribution in [2.75, 3.05) is 59.6 Å². The molecule has 0 amide bonds. The third kappa shape index (κ3) is 17.1. The number of ether oxygens (including phenoxy) is 5. The first-order chi connectivity index (χ1) is 31.1. The van der Waals surface area contributed by atoms with Crippen molar-refractivity contribution in [2.45, 2.75) is 45.9 Å². The highest BCUT2D eigenvalue weighted by atomic mass is 16.6. The van der Waals surface area contributed by atoms with Crippen molar-refractivity contribution in [3.63, 3.8) is 0 Å². The molecule has 0 aromatic carbocycles. The Morgan fingerprint density at radius 3 is 1.25 bits per heavy atom. The number of aliphatic hydroxyl groups excluding tert-OH is 1. The molecule has 0 radical (unpaired) electrons. The number of aliphatic hydroxyl groups is 1. The second-order valence-electron chi connectivity index (χ2n) is 14.1. The second kappa shape index (κ2) is 26.3. The molecule has 64 heavy (non-hydrogen) atoms. The molecule has 0 aliphatic rings. The van der Waals surface area contributed by atoms with E-state index in [2.05, 4.69) is 15.0 Å². The number of nitrogens with two attached hydrogens (primary N) is 1. The SMILES string of the molecule is NCCOCCOCCOCCOc1cc(CN(Cc2cccc(COCO)n2)Cc2cccc(C(=O)O)n2)nc(CN(Cc2cccc(C(=O)O)n2)Cc2cccc(C(=O)O)n2)c1. The summed E-state index contributed by atoms with van der Waals surface area (Å²) in [6.45, 7) is 3.72. The number of hydrogen-bond donors (Lipinski definition) is 5. The van der Waals surface area contributed by atoms with Gasteiger partial charge in [0.15, 0.2) is 0 Å². The first-order valence-electron chi connectivity index (χ1n) is 20.3. The van der Waals surface area contributed by atoms with E-state index in [0.717, 1.165) is 0 Å². The molecule has 20 heteroatoms. The van der Waals surface area contributed by atoms with Gasteiger partial charge in [0.1, 0.15) is 36.2 Å². The van der Waals surface area contributed by atoms with Gasteiger partial charge in [-0.05, 0) is 48.5 Å². The molecule has 0 saturated heterocycles. The molecule has 5 aromatic heterocycles. The first-order valence-corrected chi connectivity index (χ1v) is 20.3. The summed E-state index contributed by atoms with van der Waals surface area (Å²) >= 11 is 0. The van der Waals surface area contributed by atoms with E-state index in [-0.39, 0.29) is 76.2 Å². The van der Waals surface area contributed by atoms with Crippen LogP contribution in [0.4, 0.5) is 0 Å². The van der Waals surface area contributed by atoms with Crippen molar-refractivity contribution in [3.05, 3.63) is 142 Å². The summed E-state index contributed by atoms with van der Waals surface area (Å²) in [6.07, 6.45) is 0. The van der Waals surface area contributed by atoms with E-state index >= 15 is 0 Å². The van der Waals surface area contributed by atoms with E-state index in [4.69, 9.17) is 39.4 Å². The third-order valence-corrected chi connectivity index (χ3v) is 9.00. The Kier molecular flexibility index (Phi) is 20.0. The maximum atomic E-state index is 11.8. The van der Waals surface area contributed by atoms with Crippen molar-refractivity contribution in [1.82, 2.24) is 34.7 Å². The number of aromatic carboxylic acids is 3. The zero-order valence-corrected chi connectivity index (χ0v) is 35.2. The molecule has 0 unspecified atom stereocenters. The lowest BCUT2D eigenvalue weighted by Crippen LogP contribution is -2.26. The fourth-order valence-corrected chi connectivity index (χ4v) is 6.33. The van der Waals surface area contributed by atoms with Gasteiger partial charge in [-0.2, -0.15) is 0 Å². The highest BCUT2D eigenvalue weighted by Gasteiger charge is 2.18. The minimum absolute atomic E-state index is 0.0977. The van der Waals surface area contributed by atoms with Gasteiger partial charge < -0.3 is 49.8 Å². The van der Waals surface area contributed by atoms with Gasteiger partial charge in [-0.3, -0.25) is 19.8 Å². The molecule has 340 valence electrons. The molecule has 0 bridgehead atoms. The molecule has 0 aliphatic heterocycles. The van der Waals surface area contributed by atoms with Crippen molar-refractivity contribution in [2.24, 2.45) is 5.73 Å². The summed E-state index contributed by atoms with van der Waals surface area (Å²) in [5.41, 5.74) is 8.86. The van der Waals surface area contributed by atoms with Crippen LogP contribution in [0.15, 0.2) is 84.9 Å². The Hall–Kier alpha value is -6.36. The zero-order chi connectivity index (χ0) is 45.5. The van der Waals surface area contributed by atoms with E-state index in [9.17, 15) is 34.8 Å². The fourth-order valence-electron chi connectivity index (χ4n) is 6.33. The van der Waals surface area contributed by atoms with Gasteiger partial charge in [0.05, 0.1) is 86.1 Å². The number of hydrogen-bond acceptors (Lipinski definition) is 17. The summed E-state index contributed by atoms with van der Waals surface area (Å²) in [5.74, 6) is -3.05. The zero-order valence-electron chi connectivity index (χ0n) is 35.2. The average molecular weight is 885 g/mol. The Morgan fingerprint density at radius 2 is 0.828 bits per heavy atom. The standard InChI is InChI=1S/C44H52N8O12/c45-13-14-60-15-16-61-17-18-62-19-20-64-38-21-36(27-51(24-32-6-2-10-39(48-32)42(54)55)23-31-5-1-9-35(46-31)29-63-30-53)47-37(22-38)28-52(25-33-7-3-11-40(49-33)43(56)57)26-34-8-4-12-41(50-34)44(58)59/h1-12,21-22,53H,13-20,23-30,45H2,(H,54,55)(H,56,57)(H,58,59). The lowest BCUT2D eigenvalue weighted by atomic mass is 10.2.